The van der Waals surface area contributed by atoms with E-state index >= 15 is 0 Å². The summed E-state index contributed by atoms with van der Waals surface area (Å²) in [6, 6.07) is 0. The molecular weight excluding hydrogens is 240 g/mol. The van der Waals surface area contributed by atoms with E-state index in [4.69, 9.17) is 10.5 Å². The number of methoxy groups -OCH3 is 1. The van der Waals surface area contributed by atoms with E-state index in [-0.39, 0.29) is 5.54 Å². The van der Waals surface area contributed by atoms with Crippen LogP contribution >= 0.6 is 0 Å². The van der Waals surface area contributed by atoms with Gasteiger partial charge in [0.25, 0.3) is 0 Å². The number of nitrogens with two attached hydrogens (primary N) is 1. The Labute approximate surface area is 112 Å². The molecule has 1 fully saturated rings. The molecule has 5 heteroatoms. The number of hydrogen-bond acceptors (Lipinski definition) is 4. The zero-order valence-corrected chi connectivity index (χ0v) is 11.5. The van der Waals surface area contributed by atoms with Gasteiger partial charge in [-0.3, -0.25) is 0 Å². The van der Waals surface area contributed by atoms with Gasteiger partial charge >= 0.3 is 0 Å². The Hall–Kier alpha value is -1.62. The van der Waals surface area contributed by atoms with Crippen molar-refractivity contribution in [1.29, 1.82) is 0 Å². The summed E-state index contributed by atoms with van der Waals surface area (Å²) in [6.07, 6.45) is 9.46. The van der Waals surface area contributed by atoms with Crippen molar-refractivity contribution >= 4 is 11.2 Å². The van der Waals surface area contributed by atoms with Crippen molar-refractivity contribution in [2.45, 2.75) is 37.6 Å². The number of hydrogen-bond donors (Lipinski definition) is 1. The molecule has 2 aromatic rings. The summed E-state index contributed by atoms with van der Waals surface area (Å²) < 4.78 is 7.13. The third-order valence-electron chi connectivity index (χ3n) is 4.14. The molecule has 1 aliphatic rings. The average Bonchev–Trinajstić information content (AvgIpc) is 2.77. The number of rotatable bonds is 2. The van der Waals surface area contributed by atoms with Crippen LogP contribution in [0, 0.1) is 0 Å². The first-order valence-corrected chi connectivity index (χ1v) is 6.79. The van der Waals surface area contributed by atoms with Crippen LogP contribution in [-0.2, 0) is 12.6 Å². The van der Waals surface area contributed by atoms with Crippen LogP contribution in [0.1, 0.15) is 37.7 Å². The Morgan fingerprint density at radius 2 is 2.05 bits per heavy atom. The molecule has 3 rings (SSSR count). The minimum Gasteiger partial charge on any atom is -0.480 e. The van der Waals surface area contributed by atoms with Crippen molar-refractivity contribution in [3.05, 3.63) is 18.0 Å². The maximum Gasteiger partial charge on any atom is 0.234 e. The van der Waals surface area contributed by atoms with Crippen LogP contribution in [0.4, 0.5) is 0 Å². The summed E-state index contributed by atoms with van der Waals surface area (Å²) in [5.41, 5.74) is 9.24. The summed E-state index contributed by atoms with van der Waals surface area (Å²) >= 11 is 0. The summed E-state index contributed by atoms with van der Waals surface area (Å²) in [7, 11) is 3.58. The summed E-state index contributed by atoms with van der Waals surface area (Å²) in [4.78, 5) is 8.97. The van der Waals surface area contributed by atoms with E-state index in [9.17, 15) is 0 Å². The van der Waals surface area contributed by atoms with Gasteiger partial charge in [0.15, 0.2) is 5.65 Å². The Morgan fingerprint density at radius 1 is 1.32 bits per heavy atom. The molecule has 5 nitrogen and oxygen atoms in total. The Balaban J connectivity index is 2.14. The molecule has 0 spiro atoms. The first-order valence-electron chi connectivity index (χ1n) is 6.79. The molecule has 0 unspecified atom stereocenters. The Morgan fingerprint density at radius 3 is 2.74 bits per heavy atom. The molecule has 0 aromatic carbocycles. The first kappa shape index (κ1) is 12.4. The Bertz CT molecular complexity index is 599. The Kier molecular flexibility index (Phi) is 2.93. The molecule has 1 aliphatic carbocycles. The van der Waals surface area contributed by atoms with E-state index < -0.39 is 0 Å². The molecule has 2 N–H and O–H groups in total. The monoisotopic (exact) mass is 260 g/mol. The fraction of sp³-hybridized carbons (Fsp3) is 0.571. The molecule has 102 valence electrons. The van der Waals surface area contributed by atoms with Crippen molar-refractivity contribution in [1.82, 2.24) is 14.5 Å². The fourth-order valence-electron chi connectivity index (χ4n) is 3.03. The fourth-order valence-corrected chi connectivity index (χ4v) is 3.03. The minimum atomic E-state index is -0.249. The zero-order valence-electron chi connectivity index (χ0n) is 11.5. The average molecular weight is 260 g/mol. The van der Waals surface area contributed by atoms with E-state index in [0.717, 1.165) is 29.6 Å². The van der Waals surface area contributed by atoms with E-state index in [1.165, 1.54) is 19.3 Å². The highest BCUT2D eigenvalue weighted by Crippen LogP contribution is 2.38. The van der Waals surface area contributed by atoms with Gasteiger partial charge in [0.1, 0.15) is 5.52 Å². The van der Waals surface area contributed by atoms with Crippen LogP contribution in [0.25, 0.3) is 11.2 Å². The van der Waals surface area contributed by atoms with Gasteiger partial charge in [-0.25, -0.2) is 4.98 Å². The van der Waals surface area contributed by atoms with Crippen molar-refractivity contribution in [2.24, 2.45) is 12.8 Å². The van der Waals surface area contributed by atoms with Crippen LogP contribution < -0.4 is 10.5 Å². The molecular formula is C14H20N4O. The highest BCUT2D eigenvalue weighted by Gasteiger charge is 2.33. The van der Waals surface area contributed by atoms with Crippen LogP contribution in [0.3, 0.4) is 0 Å². The van der Waals surface area contributed by atoms with Crippen LogP contribution in [0.15, 0.2) is 12.4 Å². The topological polar surface area (TPSA) is 66.0 Å². The second kappa shape index (κ2) is 4.49. The molecule has 0 atom stereocenters. The lowest BCUT2D eigenvalue weighted by molar-refractivity contribution is 0.304. The smallest absolute Gasteiger partial charge is 0.234 e. The lowest BCUT2D eigenvalue weighted by atomic mass is 9.78. The normalized spacial score (nSPS) is 18.7. The SMILES string of the molecule is COc1cnc2c(C3(N)CCCCC3)cn(C)c2n1. The molecule has 1 saturated carbocycles. The van der Waals surface area contributed by atoms with Crippen molar-refractivity contribution in [3.8, 4) is 5.88 Å². The molecule has 0 amide bonds. The predicted octanol–water partition coefficient (Wildman–Crippen LogP) is 2.09. The maximum absolute atomic E-state index is 6.62. The summed E-state index contributed by atoms with van der Waals surface area (Å²) in [6.45, 7) is 0. The molecule has 0 aliphatic heterocycles. The highest BCUT2D eigenvalue weighted by atomic mass is 16.5. The van der Waals surface area contributed by atoms with Crippen LogP contribution in [0.2, 0.25) is 0 Å². The van der Waals surface area contributed by atoms with Gasteiger partial charge in [-0.05, 0) is 12.8 Å². The summed E-state index contributed by atoms with van der Waals surface area (Å²) in [5, 5.41) is 0. The van der Waals surface area contributed by atoms with Gasteiger partial charge in [0, 0.05) is 24.3 Å². The number of aromatic nitrogens is 3. The third-order valence-corrected chi connectivity index (χ3v) is 4.14. The van der Waals surface area contributed by atoms with Gasteiger partial charge in [0.05, 0.1) is 13.3 Å². The molecule has 2 aromatic heterocycles. The zero-order chi connectivity index (χ0) is 13.5. The quantitative estimate of drug-likeness (QED) is 0.898. The molecule has 0 saturated heterocycles. The lowest BCUT2D eigenvalue weighted by Crippen LogP contribution is -2.38. The van der Waals surface area contributed by atoms with Gasteiger partial charge < -0.3 is 15.0 Å². The van der Waals surface area contributed by atoms with Crippen LogP contribution in [0.5, 0.6) is 5.88 Å². The van der Waals surface area contributed by atoms with Crippen molar-refractivity contribution < 1.29 is 4.74 Å². The van der Waals surface area contributed by atoms with Crippen molar-refractivity contribution in [2.75, 3.05) is 7.11 Å². The minimum absolute atomic E-state index is 0.249. The largest absolute Gasteiger partial charge is 0.480 e. The van der Waals surface area contributed by atoms with E-state index in [0.29, 0.717) is 5.88 Å². The van der Waals surface area contributed by atoms with Crippen LogP contribution in [-0.4, -0.2) is 21.6 Å². The number of nitrogens with zero attached hydrogens (tertiary/aromatic N) is 3. The lowest BCUT2D eigenvalue weighted by Gasteiger charge is -2.32. The third kappa shape index (κ3) is 1.98. The second-order valence-electron chi connectivity index (χ2n) is 5.46. The van der Waals surface area contributed by atoms with E-state index in [1.54, 1.807) is 13.3 Å². The standard InChI is InChI=1S/C14H20N4O/c1-18-9-10(14(15)6-4-3-5-7-14)12-13(18)17-11(19-2)8-16-12/h8-9H,3-7,15H2,1-2H3. The number of ether oxygens (including phenoxy) is 1. The second-order valence-corrected chi connectivity index (χ2v) is 5.46. The van der Waals surface area contributed by atoms with E-state index in [1.807, 2.05) is 11.6 Å². The summed E-state index contributed by atoms with van der Waals surface area (Å²) in [5.74, 6) is 0.537. The number of aryl methyl sites for hydroxylation is 1. The molecule has 0 bridgehead atoms. The maximum atomic E-state index is 6.62. The van der Waals surface area contributed by atoms with Gasteiger partial charge in [0.2, 0.25) is 5.88 Å². The van der Waals surface area contributed by atoms with Gasteiger partial charge in [-0.2, -0.15) is 4.98 Å². The first-order chi connectivity index (χ1) is 9.14. The molecule has 2 heterocycles. The number of fused-ring (bicyclic) bond motifs is 1. The van der Waals surface area contributed by atoms with Gasteiger partial charge in [-0.15, -0.1) is 0 Å². The molecule has 19 heavy (non-hydrogen) atoms. The van der Waals surface area contributed by atoms with E-state index in [2.05, 4.69) is 16.2 Å². The van der Waals surface area contributed by atoms with Crippen molar-refractivity contribution in [3.63, 3.8) is 0 Å². The molecule has 0 radical (unpaired) electrons. The van der Waals surface area contributed by atoms with Gasteiger partial charge in [-0.1, -0.05) is 19.3 Å². The predicted molar refractivity (Wildman–Crippen MR) is 74.0 cm³/mol. The highest BCUT2D eigenvalue weighted by molar-refractivity contribution is 5.77.